The van der Waals surface area contributed by atoms with Crippen LogP contribution >= 0.6 is 15.9 Å². The highest BCUT2D eigenvalue weighted by molar-refractivity contribution is 9.10. The topological polar surface area (TPSA) is 46.3 Å². The van der Waals surface area contributed by atoms with Gasteiger partial charge in [-0.3, -0.25) is 4.79 Å². The Balaban J connectivity index is 2.35. The van der Waals surface area contributed by atoms with Crippen molar-refractivity contribution in [1.29, 1.82) is 0 Å². The van der Waals surface area contributed by atoms with Crippen molar-refractivity contribution >= 4 is 27.5 Å². The maximum absolute atomic E-state index is 11.8. The Bertz CT molecular complexity index is 404. The molecule has 1 aliphatic rings. The second-order valence-corrected chi connectivity index (χ2v) is 4.72. The van der Waals surface area contributed by atoms with Crippen molar-refractivity contribution in [3.63, 3.8) is 0 Å². The Kier molecular flexibility index (Phi) is 2.80. The van der Waals surface area contributed by atoms with Gasteiger partial charge < -0.3 is 10.6 Å². The first-order valence-corrected chi connectivity index (χ1v) is 5.74. The lowest BCUT2D eigenvalue weighted by molar-refractivity contribution is -0.119. The Labute approximate surface area is 97.4 Å². The minimum Gasteiger partial charge on any atom is -0.320 e. The van der Waals surface area contributed by atoms with E-state index in [4.69, 9.17) is 5.73 Å². The van der Waals surface area contributed by atoms with Crippen molar-refractivity contribution in [2.45, 2.75) is 19.4 Å². The SMILES string of the molecule is C[C@@H](N)C(=O)N1CCc2ccc(Br)cc21. The summed E-state index contributed by atoms with van der Waals surface area (Å²) in [6.45, 7) is 2.46. The minimum absolute atomic E-state index is 0.00755. The summed E-state index contributed by atoms with van der Waals surface area (Å²) in [6, 6.07) is 5.59. The van der Waals surface area contributed by atoms with Crippen LogP contribution in [0.2, 0.25) is 0 Å². The highest BCUT2D eigenvalue weighted by atomic mass is 79.9. The molecule has 0 aromatic heterocycles. The first kappa shape index (κ1) is 10.6. The van der Waals surface area contributed by atoms with Crippen molar-refractivity contribution in [3.8, 4) is 0 Å². The van der Waals surface area contributed by atoms with E-state index in [-0.39, 0.29) is 5.91 Å². The molecule has 15 heavy (non-hydrogen) atoms. The minimum atomic E-state index is -0.435. The normalized spacial score (nSPS) is 16.3. The van der Waals surface area contributed by atoms with Gasteiger partial charge in [0.2, 0.25) is 5.91 Å². The van der Waals surface area contributed by atoms with Crippen LogP contribution in [0, 0.1) is 0 Å². The van der Waals surface area contributed by atoms with Gasteiger partial charge in [-0.15, -0.1) is 0 Å². The van der Waals surface area contributed by atoms with E-state index in [1.807, 2.05) is 18.2 Å². The lowest BCUT2D eigenvalue weighted by Crippen LogP contribution is -2.41. The van der Waals surface area contributed by atoms with Gasteiger partial charge >= 0.3 is 0 Å². The molecule has 0 saturated heterocycles. The maximum Gasteiger partial charge on any atom is 0.243 e. The fourth-order valence-electron chi connectivity index (χ4n) is 1.83. The van der Waals surface area contributed by atoms with Crippen molar-refractivity contribution in [2.75, 3.05) is 11.4 Å². The summed E-state index contributed by atoms with van der Waals surface area (Å²) in [5, 5.41) is 0. The van der Waals surface area contributed by atoms with E-state index in [0.717, 1.165) is 23.1 Å². The first-order valence-electron chi connectivity index (χ1n) is 4.95. The Morgan fingerprint density at radius 2 is 2.33 bits per heavy atom. The Morgan fingerprint density at radius 3 is 3.00 bits per heavy atom. The van der Waals surface area contributed by atoms with Crippen LogP contribution in [0.25, 0.3) is 0 Å². The molecule has 80 valence electrons. The van der Waals surface area contributed by atoms with Crippen LogP contribution in [0.5, 0.6) is 0 Å². The van der Waals surface area contributed by atoms with Gasteiger partial charge in [0.05, 0.1) is 6.04 Å². The molecule has 0 radical (unpaired) electrons. The molecule has 2 N–H and O–H groups in total. The van der Waals surface area contributed by atoms with Gasteiger partial charge in [0.15, 0.2) is 0 Å². The molecule has 3 nitrogen and oxygen atoms in total. The number of benzene rings is 1. The maximum atomic E-state index is 11.8. The number of hydrogen-bond donors (Lipinski definition) is 1. The molecule has 0 saturated carbocycles. The lowest BCUT2D eigenvalue weighted by Gasteiger charge is -2.19. The third kappa shape index (κ3) is 1.92. The highest BCUT2D eigenvalue weighted by Gasteiger charge is 2.26. The zero-order chi connectivity index (χ0) is 11.0. The van der Waals surface area contributed by atoms with Crippen LogP contribution in [0.1, 0.15) is 12.5 Å². The van der Waals surface area contributed by atoms with Gasteiger partial charge in [-0.25, -0.2) is 0 Å². The van der Waals surface area contributed by atoms with Gasteiger partial charge in [0.25, 0.3) is 0 Å². The molecule has 1 heterocycles. The highest BCUT2D eigenvalue weighted by Crippen LogP contribution is 2.31. The molecule has 0 spiro atoms. The molecule has 1 aromatic rings. The molecule has 0 aliphatic carbocycles. The van der Waals surface area contributed by atoms with Crippen LogP contribution in [0.3, 0.4) is 0 Å². The average molecular weight is 269 g/mol. The van der Waals surface area contributed by atoms with Crippen molar-refractivity contribution in [3.05, 3.63) is 28.2 Å². The number of amides is 1. The standard InChI is InChI=1S/C11H13BrN2O/c1-7(13)11(15)14-5-4-8-2-3-9(12)6-10(8)14/h2-3,6-7H,4-5,13H2,1H3/t7-/m1/s1. The van der Waals surface area contributed by atoms with E-state index in [1.165, 1.54) is 5.56 Å². The number of fused-ring (bicyclic) bond motifs is 1. The Morgan fingerprint density at radius 1 is 1.60 bits per heavy atom. The molecule has 0 fully saturated rings. The monoisotopic (exact) mass is 268 g/mol. The number of rotatable bonds is 1. The summed E-state index contributed by atoms with van der Waals surface area (Å²) >= 11 is 3.41. The fourth-order valence-corrected chi connectivity index (χ4v) is 2.18. The molecule has 1 amide bonds. The molecular weight excluding hydrogens is 256 g/mol. The first-order chi connectivity index (χ1) is 7.09. The summed E-state index contributed by atoms with van der Waals surface area (Å²) in [4.78, 5) is 13.6. The van der Waals surface area contributed by atoms with E-state index in [9.17, 15) is 4.79 Å². The molecular formula is C11H13BrN2O. The van der Waals surface area contributed by atoms with E-state index in [1.54, 1.807) is 11.8 Å². The summed E-state index contributed by atoms with van der Waals surface area (Å²) in [5.74, 6) is -0.00755. The number of anilines is 1. The second-order valence-electron chi connectivity index (χ2n) is 3.80. The van der Waals surface area contributed by atoms with E-state index >= 15 is 0 Å². The molecule has 2 rings (SSSR count). The van der Waals surface area contributed by atoms with Crippen molar-refractivity contribution in [1.82, 2.24) is 0 Å². The van der Waals surface area contributed by atoms with Gasteiger partial charge in [0, 0.05) is 16.7 Å². The molecule has 0 unspecified atom stereocenters. The summed E-state index contributed by atoms with van der Waals surface area (Å²) in [6.07, 6.45) is 0.918. The molecule has 1 aliphatic heterocycles. The zero-order valence-electron chi connectivity index (χ0n) is 8.53. The number of carbonyl (C=O) groups is 1. The van der Waals surface area contributed by atoms with Crippen molar-refractivity contribution < 1.29 is 4.79 Å². The van der Waals surface area contributed by atoms with Gasteiger partial charge in [-0.1, -0.05) is 22.0 Å². The predicted octanol–water partition coefficient (Wildman–Crippen LogP) is 1.69. The van der Waals surface area contributed by atoms with E-state index in [0.29, 0.717) is 0 Å². The average Bonchev–Trinajstić information content (AvgIpc) is 2.59. The van der Waals surface area contributed by atoms with E-state index in [2.05, 4.69) is 15.9 Å². The number of halogens is 1. The predicted molar refractivity (Wildman–Crippen MR) is 63.8 cm³/mol. The number of nitrogens with zero attached hydrogens (tertiary/aromatic N) is 1. The third-order valence-corrected chi connectivity index (χ3v) is 3.09. The molecule has 4 heteroatoms. The van der Waals surface area contributed by atoms with Crippen molar-refractivity contribution in [2.24, 2.45) is 5.73 Å². The largest absolute Gasteiger partial charge is 0.320 e. The second kappa shape index (κ2) is 3.94. The zero-order valence-corrected chi connectivity index (χ0v) is 10.1. The quantitative estimate of drug-likeness (QED) is 0.843. The van der Waals surface area contributed by atoms with Gasteiger partial charge in [-0.05, 0) is 31.0 Å². The van der Waals surface area contributed by atoms with Crippen LogP contribution in [0.15, 0.2) is 22.7 Å². The van der Waals surface area contributed by atoms with Crippen LogP contribution < -0.4 is 10.6 Å². The number of carbonyl (C=O) groups excluding carboxylic acids is 1. The number of hydrogen-bond acceptors (Lipinski definition) is 2. The third-order valence-electron chi connectivity index (χ3n) is 2.60. The number of nitrogens with two attached hydrogens (primary N) is 1. The van der Waals surface area contributed by atoms with E-state index < -0.39 is 6.04 Å². The molecule has 1 atom stereocenters. The van der Waals surface area contributed by atoms with Gasteiger partial charge in [0.1, 0.15) is 0 Å². The molecule has 0 bridgehead atoms. The van der Waals surface area contributed by atoms with Crippen LogP contribution in [0.4, 0.5) is 5.69 Å². The molecule has 1 aromatic carbocycles. The Hall–Kier alpha value is -0.870. The summed E-state index contributed by atoms with van der Waals surface area (Å²) in [7, 11) is 0. The smallest absolute Gasteiger partial charge is 0.243 e. The van der Waals surface area contributed by atoms with Crippen LogP contribution in [-0.4, -0.2) is 18.5 Å². The summed E-state index contributed by atoms with van der Waals surface area (Å²) < 4.78 is 0.991. The lowest BCUT2D eigenvalue weighted by atomic mass is 10.2. The fraction of sp³-hybridized carbons (Fsp3) is 0.364. The van der Waals surface area contributed by atoms with Crippen LogP contribution in [-0.2, 0) is 11.2 Å². The van der Waals surface area contributed by atoms with Gasteiger partial charge in [-0.2, -0.15) is 0 Å². The summed E-state index contributed by atoms with van der Waals surface area (Å²) in [5.41, 5.74) is 7.82.